The fraction of sp³-hybridized carbons (Fsp3) is 0.452. The zero-order chi connectivity index (χ0) is 29.8. The average Bonchev–Trinajstić information content (AvgIpc) is 3.48. The Labute approximate surface area is 242 Å². The van der Waals surface area contributed by atoms with Crippen molar-refractivity contribution in [1.29, 1.82) is 0 Å². The second kappa shape index (κ2) is 12.6. The number of hydrogen-bond donors (Lipinski definition) is 1. The van der Waals surface area contributed by atoms with Crippen LogP contribution in [0.1, 0.15) is 49.3 Å². The van der Waals surface area contributed by atoms with Crippen LogP contribution in [0.3, 0.4) is 0 Å². The summed E-state index contributed by atoms with van der Waals surface area (Å²) in [6.07, 6.45) is 5.56. The Hall–Kier alpha value is -3.50. The third-order valence-corrected chi connectivity index (χ3v) is 8.29. The molecule has 4 rings (SSSR count). The number of fused-ring (bicyclic) bond motifs is 1. The molecule has 221 valence electrons. The molecule has 0 bridgehead atoms. The molecule has 1 unspecified atom stereocenters. The summed E-state index contributed by atoms with van der Waals surface area (Å²) in [4.78, 5) is 17.5. The van der Waals surface area contributed by atoms with Gasteiger partial charge >= 0.3 is 6.09 Å². The van der Waals surface area contributed by atoms with E-state index in [0.29, 0.717) is 25.5 Å². The van der Waals surface area contributed by atoms with Gasteiger partial charge in [-0.3, -0.25) is 0 Å². The van der Waals surface area contributed by atoms with Crippen molar-refractivity contribution >= 4 is 25.1 Å². The monoisotopic (exact) mass is 579 g/mol. The Balaban J connectivity index is 1.57. The van der Waals surface area contributed by atoms with Crippen molar-refractivity contribution in [3.63, 3.8) is 0 Å². The number of nitrogens with one attached hydrogen (secondary N) is 1. The molecule has 8 nitrogen and oxygen atoms in total. The van der Waals surface area contributed by atoms with Gasteiger partial charge in [0.2, 0.25) is 0 Å². The molecule has 41 heavy (non-hydrogen) atoms. The first-order valence-electron chi connectivity index (χ1n) is 14.1. The second-order valence-corrected chi connectivity index (χ2v) is 18.4. The molecule has 1 atom stereocenters. The van der Waals surface area contributed by atoms with Crippen molar-refractivity contribution in [3.05, 3.63) is 83.3 Å². The first kappa shape index (κ1) is 30.5. The number of amides is 1. The number of imidazole rings is 1. The summed E-state index contributed by atoms with van der Waals surface area (Å²) in [7, 11) is -1.15. The van der Waals surface area contributed by atoms with E-state index in [9.17, 15) is 9.18 Å². The molecule has 2 heterocycles. The minimum absolute atomic E-state index is 0.281. The number of rotatable bonds is 11. The minimum Gasteiger partial charge on any atom is -0.444 e. The lowest BCUT2D eigenvalue weighted by molar-refractivity contribution is 0.0500. The van der Waals surface area contributed by atoms with E-state index in [2.05, 4.69) is 42.1 Å². The van der Waals surface area contributed by atoms with Gasteiger partial charge in [0.1, 0.15) is 24.0 Å². The molecule has 0 spiro atoms. The Morgan fingerprint density at radius 1 is 1.12 bits per heavy atom. The first-order chi connectivity index (χ1) is 19.3. The number of ether oxygens (including phenoxy) is 2. The van der Waals surface area contributed by atoms with Gasteiger partial charge < -0.3 is 19.4 Å². The number of nitrogens with zero attached hydrogens (tertiary/aromatic N) is 4. The van der Waals surface area contributed by atoms with Crippen LogP contribution in [0.25, 0.3) is 10.9 Å². The number of halogens is 1. The Kier molecular flexibility index (Phi) is 9.33. The summed E-state index contributed by atoms with van der Waals surface area (Å²) < 4.78 is 28.8. The van der Waals surface area contributed by atoms with Crippen LogP contribution in [0.15, 0.2) is 55.0 Å². The maximum absolute atomic E-state index is 13.5. The number of benzene rings is 2. The van der Waals surface area contributed by atoms with Crippen molar-refractivity contribution in [1.82, 2.24) is 24.6 Å². The summed E-state index contributed by atoms with van der Waals surface area (Å²) in [5.41, 5.74) is 3.30. The summed E-state index contributed by atoms with van der Waals surface area (Å²) in [6.45, 7) is 16.2. The molecular weight excluding hydrogens is 537 g/mol. The van der Waals surface area contributed by atoms with E-state index in [1.807, 2.05) is 49.3 Å². The standard InChI is InChI=1S/C31H42FN5O3Si/c1-22-16-24(17-25-20-37(35-28(22)25)21-39-14-15-41(5,6)7)18-27(34-30(38)40-31(2,3)4)29-33-12-13-36(29)19-23-8-10-26(32)11-9-23/h8-13,16-17,20,27H,14-15,18-19,21H2,1-7H3,(H,34,38)/q-1. The fourth-order valence-corrected chi connectivity index (χ4v) is 5.36. The van der Waals surface area contributed by atoms with Crippen LogP contribution >= 0.6 is 0 Å². The van der Waals surface area contributed by atoms with E-state index in [1.54, 1.807) is 18.3 Å². The maximum Gasteiger partial charge on any atom is 0.408 e. The molecule has 0 fully saturated rings. The largest absolute Gasteiger partial charge is 0.444 e. The van der Waals surface area contributed by atoms with E-state index in [-0.39, 0.29) is 5.82 Å². The van der Waals surface area contributed by atoms with Crippen molar-refractivity contribution in [3.8, 4) is 0 Å². The molecule has 0 aliphatic rings. The molecule has 2 aromatic carbocycles. The number of carbonyl (C=O) groups is 1. The number of carbonyl (C=O) groups excluding carboxylic acids is 1. The van der Waals surface area contributed by atoms with Gasteiger partial charge in [-0.1, -0.05) is 18.2 Å². The van der Waals surface area contributed by atoms with Crippen molar-refractivity contribution in [2.75, 3.05) is 6.61 Å². The van der Waals surface area contributed by atoms with Crippen LogP contribution in [0.5, 0.6) is 0 Å². The maximum atomic E-state index is 13.5. The normalized spacial score (nSPS) is 13.0. The van der Waals surface area contributed by atoms with Gasteiger partial charge in [0.15, 0.2) is 0 Å². The lowest BCUT2D eigenvalue weighted by Gasteiger charge is -2.26. The number of aryl methyl sites for hydroxylation is 1. The predicted molar refractivity (Wildman–Crippen MR) is 162 cm³/mol. The van der Waals surface area contributed by atoms with Crippen LogP contribution < -0.4 is 5.32 Å². The molecule has 1 N–H and O–H groups in total. The van der Waals surface area contributed by atoms with E-state index >= 15 is 0 Å². The van der Waals surface area contributed by atoms with E-state index in [0.717, 1.165) is 40.2 Å². The van der Waals surface area contributed by atoms with Crippen LogP contribution in [0, 0.1) is 12.7 Å². The summed E-state index contributed by atoms with van der Waals surface area (Å²) in [6, 6.07) is 11.2. The highest BCUT2D eigenvalue weighted by molar-refractivity contribution is 6.76. The molecule has 1 amide bonds. The fourth-order valence-electron chi connectivity index (χ4n) is 4.60. The molecule has 2 aromatic heterocycles. The van der Waals surface area contributed by atoms with Gasteiger partial charge in [-0.05, 0) is 62.6 Å². The van der Waals surface area contributed by atoms with Crippen LogP contribution in [0.2, 0.25) is 25.7 Å². The highest BCUT2D eigenvalue weighted by Gasteiger charge is 2.24. The molecule has 0 aliphatic heterocycles. The third kappa shape index (κ3) is 8.99. The Morgan fingerprint density at radius 2 is 1.85 bits per heavy atom. The van der Waals surface area contributed by atoms with Gasteiger partial charge in [0, 0.05) is 43.5 Å². The molecular formula is C31H42FN5O3Si-. The third-order valence-electron chi connectivity index (χ3n) is 6.58. The highest BCUT2D eigenvalue weighted by atomic mass is 28.3. The van der Waals surface area contributed by atoms with Gasteiger partial charge in [-0.15, -0.1) is 14.1 Å². The lowest BCUT2D eigenvalue weighted by atomic mass is 10.0. The summed E-state index contributed by atoms with van der Waals surface area (Å²) >= 11 is 0. The zero-order valence-corrected chi connectivity index (χ0v) is 26.2. The van der Waals surface area contributed by atoms with E-state index in [4.69, 9.17) is 14.6 Å². The average molecular weight is 580 g/mol. The SMILES string of the molecule is Cc1cc(CC(NC(=O)OC(C)(C)C)c2nccn2Cc2ccc(F)cc2)cc2cn(COCC[Si-](C)(C)C)nc12. The van der Waals surface area contributed by atoms with Crippen molar-refractivity contribution < 1.29 is 18.7 Å². The Morgan fingerprint density at radius 3 is 2.54 bits per heavy atom. The van der Waals surface area contributed by atoms with Gasteiger partial charge in [-0.25, -0.2) is 18.9 Å². The van der Waals surface area contributed by atoms with E-state index < -0.39 is 25.8 Å². The summed E-state index contributed by atoms with van der Waals surface area (Å²) in [5.74, 6) is 0.403. The van der Waals surface area contributed by atoms with E-state index in [1.165, 1.54) is 12.1 Å². The molecule has 0 saturated carbocycles. The molecule has 0 aliphatic carbocycles. The van der Waals surface area contributed by atoms with Crippen LogP contribution in [-0.2, 0) is 29.2 Å². The quantitative estimate of drug-likeness (QED) is 0.155. The van der Waals surface area contributed by atoms with Crippen LogP contribution in [0.4, 0.5) is 9.18 Å². The highest BCUT2D eigenvalue weighted by Crippen LogP contribution is 2.25. The zero-order valence-electron chi connectivity index (χ0n) is 25.2. The number of hydrogen-bond acceptors (Lipinski definition) is 5. The van der Waals surface area contributed by atoms with Crippen molar-refractivity contribution in [2.45, 2.75) is 84.7 Å². The van der Waals surface area contributed by atoms with Gasteiger partial charge in [-0.2, -0.15) is 24.7 Å². The second-order valence-electron chi connectivity index (χ2n) is 12.8. The lowest BCUT2D eigenvalue weighted by Crippen LogP contribution is -2.37. The molecule has 0 saturated heterocycles. The van der Waals surface area contributed by atoms with Crippen molar-refractivity contribution in [2.24, 2.45) is 0 Å². The number of aromatic nitrogens is 4. The van der Waals surface area contributed by atoms with Gasteiger partial charge in [0.05, 0.1) is 11.6 Å². The molecule has 0 radical (unpaired) electrons. The predicted octanol–water partition coefficient (Wildman–Crippen LogP) is 6.85. The molecule has 4 aromatic rings. The van der Waals surface area contributed by atoms with Gasteiger partial charge in [0.25, 0.3) is 0 Å². The minimum atomic E-state index is -1.15. The summed E-state index contributed by atoms with van der Waals surface area (Å²) in [5, 5.41) is 8.79. The molecule has 10 heteroatoms. The first-order valence-corrected chi connectivity index (χ1v) is 17.8. The smallest absolute Gasteiger partial charge is 0.408 e. The van der Waals surface area contributed by atoms with Crippen LogP contribution in [-0.4, -0.2) is 45.7 Å². The topological polar surface area (TPSA) is 83.2 Å². The number of alkyl carbamates (subject to hydrolysis) is 1. The Bertz CT molecular complexity index is 1470.